The molecule has 20 heavy (non-hydrogen) atoms. The number of fused-ring (bicyclic) bond motifs is 1. The van der Waals surface area contributed by atoms with Crippen LogP contribution in [-0.2, 0) is 6.42 Å². The van der Waals surface area contributed by atoms with Gasteiger partial charge in [0, 0.05) is 12.0 Å². The Balaban J connectivity index is 0.000000704. The highest BCUT2D eigenvalue weighted by atomic mass is 16.5. The molecule has 0 saturated heterocycles. The van der Waals surface area contributed by atoms with Crippen LogP contribution < -0.4 is 4.74 Å². The maximum atomic E-state index is 11.7. The zero-order valence-electron chi connectivity index (χ0n) is 12.1. The Kier molecular flexibility index (Phi) is 4.94. The van der Waals surface area contributed by atoms with Gasteiger partial charge in [0.15, 0.2) is 5.78 Å². The number of para-hydroxylation sites is 1. The van der Waals surface area contributed by atoms with Crippen LogP contribution >= 0.6 is 0 Å². The molecule has 0 unspecified atom stereocenters. The molecule has 104 valence electrons. The summed E-state index contributed by atoms with van der Waals surface area (Å²) in [5, 5.41) is 0. The number of rotatable bonds is 2. The first kappa shape index (κ1) is 14.3. The summed E-state index contributed by atoms with van der Waals surface area (Å²) in [6.45, 7) is 4.00. The molecular formula is C18H20O2. The van der Waals surface area contributed by atoms with Crippen molar-refractivity contribution < 1.29 is 9.53 Å². The summed E-state index contributed by atoms with van der Waals surface area (Å²) in [5.74, 6) is 1.87. The summed E-state index contributed by atoms with van der Waals surface area (Å²) in [6, 6.07) is 15.4. The third-order valence-corrected chi connectivity index (χ3v) is 3.21. The van der Waals surface area contributed by atoms with Gasteiger partial charge in [-0.25, -0.2) is 0 Å². The quantitative estimate of drug-likeness (QED) is 0.764. The van der Waals surface area contributed by atoms with Crippen molar-refractivity contribution in [2.45, 2.75) is 33.1 Å². The highest BCUT2D eigenvalue weighted by Crippen LogP contribution is 2.28. The van der Waals surface area contributed by atoms with Crippen LogP contribution in [0, 0.1) is 0 Å². The number of ketones is 1. The van der Waals surface area contributed by atoms with Gasteiger partial charge in [-0.2, -0.15) is 0 Å². The molecule has 0 aromatic heterocycles. The summed E-state index contributed by atoms with van der Waals surface area (Å²) >= 11 is 0. The lowest BCUT2D eigenvalue weighted by Gasteiger charge is -2.15. The second-order valence-corrected chi connectivity index (χ2v) is 4.51. The molecule has 0 aliphatic heterocycles. The van der Waals surface area contributed by atoms with Crippen molar-refractivity contribution in [3.8, 4) is 11.5 Å². The number of hydrogen-bond acceptors (Lipinski definition) is 2. The molecule has 0 N–H and O–H groups in total. The monoisotopic (exact) mass is 268 g/mol. The van der Waals surface area contributed by atoms with E-state index < -0.39 is 0 Å². The summed E-state index contributed by atoms with van der Waals surface area (Å²) in [5.41, 5.74) is 1.97. The van der Waals surface area contributed by atoms with E-state index in [-0.39, 0.29) is 5.78 Å². The highest BCUT2D eigenvalue weighted by Gasteiger charge is 2.17. The molecule has 0 fully saturated rings. The first-order valence-corrected chi connectivity index (χ1v) is 7.22. The van der Waals surface area contributed by atoms with Crippen molar-refractivity contribution in [1.29, 1.82) is 0 Å². The maximum Gasteiger partial charge on any atom is 0.163 e. The normalized spacial score (nSPS) is 13.0. The summed E-state index contributed by atoms with van der Waals surface area (Å²) < 4.78 is 5.77. The van der Waals surface area contributed by atoms with Crippen molar-refractivity contribution in [2.75, 3.05) is 0 Å². The fourth-order valence-electron chi connectivity index (χ4n) is 2.31. The molecule has 0 saturated carbocycles. The van der Waals surface area contributed by atoms with E-state index in [1.54, 1.807) is 0 Å². The molecule has 2 heteroatoms. The Hall–Kier alpha value is -2.09. The third kappa shape index (κ3) is 3.27. The van der Waals surface area contributed by atoms with Crippen LogP contribution in [-0.4, -0.2) is 5.78 Å². The number of hydrogen-bond donors (Lipinski definition) is 0. The van der Waals surface area contributed by atoms with Crippen LogP contribution in [0.5, 0.6) is 11.5 Å². The molecule has 1 aliphatic rings. The summed E-state index contributed by atoms with van der Waals surface area (Å²) in [7, 11) is 0. The van der Waals surface area contributed by atoms with E-state index in [0.717, 1.165) is 35.5 Å². The van der Waals surface area contributed by atoms with Crippen LogP contribution in [0.15, 0.2) is 48.5 Å². The SMILES string of the molecule is CC.O=C1CCCc2cc(Oc3ccccc3)ccc21. The van der Waals surface area contributed by atoms with E-state index in [4.69, 9.17) is 4.74 Å². The molecular weight excluding hydrogens is 248 g/mol. The maximum absolute atomic E-state index is 11.7. The summed E-state index contributed by atoms with van der Waals surface area (Å²) in [4.78, 5) is 11.7. The largest absolute Gasteiger partial charge is 0.457 e. The minimum Gasteiger partial charge on any atom is -0.457 e. The lowest BCUT2D eigenvalue weighted by molar-refractivity contribution is 0.0972. The van der Waals surface area contributed by atoms with E-state index in [2.05, 4.69) is 0 Å². The lowest BCUT2D eigenvalue weighted by atomic mass is 9.90. The fourth-order valence-corrected chi connectivity index (χ4v) is 2.31. The van der Waals surface area contributed by atoms with E-state index in [1.165, 1.54) is 0 Å². The van der Waals surface area contributed by atoms with Crippen molar-refractivity contribution in [3.05, 3.63) is 59.7 Å². The minimum absolute atomic E-state index is 0.252. The Morgan fingerprint density at radius 1 is 0.900 bits per heavy atom. The Morgan fingerprint density at radius 3 is 2.40 bits per heavy atom. The molecule has 0 spiro atoms. The molecule has 2 nitrogen and oxygen atoms in total. The molecule has 0 amide bonds. The number of Topliss-reactive ketones (excluding diaryl/α,β-unsaturated/α-hetero) is 1. The number of aryl methyl sites for hydroxylation is 1. The van der Waals surface area contributed by atoms with Crippen molar-refractivity contribution in [1.82, 2.24) is 0 Å². The van der Waals surface area contributed by atoms with Crippen LogP contribution in [0.3, 0.4) is 0 Å². The molecule has 2 aromatic rings. The van der Waals surface area contributed by atoms with E-state index in [1.807, 2.05) is 62.4 Å². The average molecular weight is 268 g/mol. The number of ether oxygens (including phenoxy) is 1. The van der Waals surface area contributed by atoms with Crippen LogP contribution in [0.4, 0.5) is 0 Å². The average Bonchev–Trinajstić information content (AvgIpc) is 2.50. The van der Waals surface area contributed by atoms with Gasteiger partial charge < -0.3 is 4.74 Å². The second kappa shape index (κ2) is 6.90. The standard InChI is InChI=1S/C16H14O2.C2H6/c17-16-8-4-5-12-11-14(9-10-15(12)16)18-13-6-2-1-3-7-13;1-2/h1-3,6-7,9-11H,4-5,8H2;1-2H3. The van der Waals surface area contributed by atoms with Crippen LogP contribution in [0.25, 0.3) is 0 Å². The first-order valence-electron chi connectivity index (χ1n) is 7.22. The number of carbonyl (C=O) groups is 1. The van der Waals surface area contributed by atoms with Gasteiger partial charge in [-0.3, -0.25) is 4.79 Å². The van der Waals surface area contributed by atoms with Gasteiger partial charge in [0.05, 0.1) is 0 Å². The molecule has 1 aliphatic carbocycles. The van der Waals surface area contributed by atoms with Gasteiger partial charge in [0.1, 0.15) is 11.5 Å². The molecule has 2 aromatic carbocycles. The smallest absolute Gasteiger partial charge is 0.163 e. The molecule has 0 atom stereocenters. The second-order valence-electron chi connectivity index (χ2n) is 4.51. The van der Waals surface area contributed by atoms with E-state index in [9.17, 15) is 4.79 Å². The number of benzene rings is 2. The highest BCUT2D eigenvalue weighted by molar-refractivity contribution is 5.98. The molecule has 0 radical (unpaired) electrons. The zero-order valence-corrected chi connectivity index (χ0v) is 12.1. The fraction of sp³-hybridized carbons (Fsp3) is 0.278. The van der Waals surface area contributed by atoms with E-state index >= 15 is 0 Å². The van der Waals surface area contributed by atoms with Gasteiger partial charge >= 0.3 is 0 Å². The zero-order chi connectivity index (χ0) is 14.4. The summed E-state index contributed by atoms with van der Waals surface area (Å²) in [6.07, 6.45) is 2.58. The predicted molar refractivity (Wildman–Crippen MR) is 81.6 cm³/mol. The van der Waals surface area contributed by atoms with Gasteiger partial charge in [0.25, 0.3) is 0 Å². The topological polar surface area (TPSA) is 26.3 Å². The third-order valence-electron chi connectivity index (χ3n) is 3.21. The lowest BCUT2D eigenvalue weighted by Crippen LogP contribution is -2.10. The Labute approximate surface area is 120 Å². The van der Waals surface area contributed by atoms with Crippen LogP contribution in [0.2, 0.25) is 0 Å². The molecule has 0 heterocycles. The Morgan fingerprint density at radius 2 is 1.65 bits per heavy atom. The first-order chi connectivity index (χ1) is 9.83. The molecule has 0 bridgehead atoms. The van der Waals surface area contributed by atoms with Crippen molar-refractivity contribution in [3.63, 3.8) is 0 Å². The van der Waals surface area contributed by atoms with E-state index in [0.29, 0.717) is 6.42 Å². The van der Waals surface area contributed by atoms with Gasteiger partial charge in [0.2, 0.25) is 0 Å². The van der Waals surface area contributed by atoms with Gasteiger partial charge in [-0.05, 0) is 48.7 Å². The van der Waals surface area contributed by atoms with Crippen LogP contribution in [0.1, 0.15) is 42.6 Å². The van der Waals surface area contributed by atoms with Crippen molar-refractivity contribution in [2.24, 2.45) is 0 Å². The molecule has 3 rings (SSSR count). The van der Waals surface area contributed by atoms with Gasteiger partial charge in [-0.1, -0.05) is 32.0 Å². The van der Waals surface area contributed by atoms with Crippen molar-refractivity contribution >= 4 is 5.78 Å². The minimum atomic E-state index is 0.252. The Bertz CT molecular complexity index is 573. The predicted octanol–water partition coefficient (Wildman–Crippen LogP) is 5.02. The van der Waals surface area contributed by atoms with Gasteiger partial charge in [-0.15, -0.1) is 0 Å². The number of carbonyl (C=O) groups excluding carboxylic acids is 1.